The summed E-state index contributed by atoms with van der Waals surface area (Å²) in [6.45, 7) is 7.78. The molecule has 1 aromatic heterocycles. The largest absolute Gasteiger partial charge is 0.417 e. The fraction of sp³-hybridized carbons (Fsp3) is 0.370. The van der Waals surface area contributed by atoms with Crippen molar-refractivity contribution in [2.24, 2.45) is 0 Å². The van der Waals surface area contributed by atoms with E-state index in [1.165, 1.54) is 24.5 Å². The van der Waals surface area contributed by atoms with Crippen molar-refractivity contribution < 1.29 is 26.7 Å². The maximum Gasteiger partial charge on any atom is 0.417 e. The number of aromatic nitrogens is 2. The van der Waals surface area contributed by atoms with Gasteiger partial charge in [0.1, 0.15) is 11.6 Å². The van der Waals surface area contributed by atoms with Crippen molar-refractivity contribution in [1.29, 1.82) is 0 Å². The number of hydrogen-bond donors (Lipinski definition) is 1. The highest BCUT2D eigenvalue weighted by Crippen LogP contribution is 2.36. The van der Waals surface area contributed by atoms with Crippen molar-refractivity contribution in [3.63, 3.8) is 0 Å². The summed E-state index contributed by atoms with van der Waals surface area (Å²) in [5.74, 6) is -2.32. The molecule has 0 spiro atoms. The number of hydrogen-bond acceptors (Lipinski definition) is 6. The normalized spacial score (nSPS) is 14.4. The Morgan fingerprint density at radius 3 is 2.23 bits per heavy atom. The van der Waals surface area contributed by atoms with Gasteiger partial charge in [-0.25, -0.2) is 18.7 Å². The number of rotatable bonds is 7. The highest BCUT2D eigenvalue weighted by atomic mass is 19.4. The van der Waals surface area contributed by atoms with Crippen LogP contribution in [0, 0.1) is 11.6 Å². The molecule has 0 radical (unpaired) electrons. The van der Waals surface area contributed by atoms with Gasteiger partial charge in [-0.2, -0.15) is 13.2 Å². The van der Waals surface area contributed by atoms with E-state index in [4.69, 9.17) is 0 Å². The van der Waals surface area contributed by atoms with Crippen LogP contribution in [0.15, 0.2) is 42.7 Å². The predicted octanol–water partition coefficient (Wildman–Crippen LogP) is 5.29. The molecule has 0 aliphatic carbocycles. The van der Waals surface area contributed by atoms with E-state index in [0.717, 1.165) is 38.3 Å². The van der Waals surface area contributed by atoms with Gasteiger partial charge in [0.2, 0.25) is 5.95 Å². The summed E-state index contributed by atoms with van der Waals surface area (Å²) < 4.78 is 69.6. The summed E-state index contributed by atoms with van der Waals surface area (Å²) in [6, 6.07) is 4.41. The van der Waals surface area contributed by atoms with E-state index in [-0.39, 0.29) is 17.3 Å². The van der Waals surface area contributed by atoms with Gasteiger partial charge in [0, 0.05) is 62.8 Å². The molecule has 3 aromatic rings. The molecular formula is C27H29F5N6O. The lowest BCUT2D eigenvalue weighted by Gasteiger charge is -2.32. The summed E-state index contributed by atoms with van der Waals surface area (Å²) in [7, 11) is 2.03. The van der Waals surface area contributed by atoms with Crippen molar-refractivity contribution >= 4 is 23.2 Å². The summed E-state index contributed by atoms with van der Waals surface area (Å²) in [5, 5.41) is 2.49. The molecule has 1 fully saturated rings. The number of halogens is 5. The smallest absolute Gasteiger partial charge is 0.370 e. The second-order valence-corrected chi connectivity index (χ2v) is 9.23. The van der Waals surface area contributed by atoms with Crippen LogP contribution in [0.1, 0.15) is 29.8 Å². The van der Waals surface area contributed by atoms with E-state index in [1.54, 1.807) is 4.90 Å². The molecule has 0 atom stereocenters. The third kappa shape index (κ3) is 6.27. The van der Waals surface area contributed by atoms with Gasteiger partial charge in [0.25, 0.3) is 5.91 Å². The second kappa shape index (κ2) is 11.5. The van der Waals surface area contributed by atoms with Crippen LogP contribution in [0.5, 0.6) is 0 Å². The quantitative estimate of drug-likeness (QED) is 0.405. The number of likely N-dealkylation sites (N-methyl/N-ethyl adjacent to an activating group) is 1. The number of alkyl halides is 3. The number of nitrogens with one attached hydrogen (secondary N) is 1. The van der Waals surface area contributed by atoms with E-state index < -0.39 is 34.8 Å². The number of amides is 1. The Balaban J connectivity index is 1.71. The standard InChI is InChI=1S/C27H29F5N6O/c1-4-37(5-2)24-14-22(29)20(17-15-33-26(34-16-17)38-10-8-36(3)9-11-38)13-23(24)35-25(39)19-7-6-18(28)12-21(19)27(30,31)32/h6-7,12-16H,4-5,8-11H2,1-3H3,(H,35,39). The first kappa shape index (κ1) is 28.2. The summed E-state index contributed by atoms with van der Waals surface area (Å²) in [6.07, 6.45) is -2.00. The lowest BCUT2D eigenvalue weighted by Crippen LogP contribution is -2.45. The van der Waals surface area contributed by atoms with Gasteiger partial charge < -0.3 is 20.0 Å². The van der Waals surface area contributed by atoms with Crippen molar-refractivity contribution in [3.05, 3.63) is 65.5 Å². The van der Waals surface area contributed by atoms with Crippen LogP contribution in [-0.4, -0.2) is 67.1 Å². The van der Waals surface area contributed by atoms with E-state index in [1.807, 2.05) is 25.8 Å². The number of carbonyl (C=O) groups excluding carboxylic acids is 1. The van der Waals surface area contributed by atoms with Crippen LogP contribution in [0.4, 0.5) is 39.3 Å². The maximum atomic E-state index is 15.4. The maximum absolute atomic E-state index is 15.4. The third-order valence-corrected chi connectivity index (χ3v) is 6.70. The second-order valence-electron chi connectivity index (χ2n) is 9.23. The molecule has 7 nitrogen and oxygen atoms in total. The Labute approximate surface area is 223 Å². The Kier molecular flexibility index (Phi) is 8.34. The summed E-state index contributed by atoms with van der Waals surface area (Å²) in [5.41, 5.74) is -1.35. The molecule has 39 heavy (non-hydrogen) atoms. The predicted molar refractivity (Wildman–Crippen MR) is 140 cm³/mol. The molecule has 1 N–H and O–H groups in total. The molecule has 1 aliphatic rings. The fourth-order valence-corrected chi connectivity index (χ4v) is 4.48. The van der Waals surface area contributed by atoms with Gasteiger partial charge in [0.15, 0.2) is 0 Å². The van der Waals surface area contributed by atoms with Crippen molar-refractivity contribution in [2.75, 3.05) is 61.4 Å². The Morgan fingerprint density at radius 1 is 1.00 bits per heavy atom. The van der Waals surface area contributed by atoms with E-state index >= 15 is 4.39 Å². The van der Waals surface area contributed by atoms with Crippen LogP contribution in [0.2, 0.25) is 0 Å². The first-order valence-corrected chi connectivity index (χ1v) is 12.5. The summed E-state index contributed by atoms with van der Waals surface area (Å²) in [4.78, 5) is 27.8. The molecular weight excluding hydrogens is 519 g/mol. The zero-order valence-corrected chi connectivity index (χ0v) is 21.8. The van der Waals surface area contributed by atoms with Crippen molar-refractivity contribution in [3.8, 4) is 11.1 Å². The average Bonchev–Trinajstić information content (AvgIpc) is 2.90. The van der Waals surface area contributed by atoms with Gasteiger partial charge in [-0.1, -0.05) is 0 Å². The molecule has 1 amide bonds. The van der Waals surface area contributed by atoms with E-state index in [2.05, 4.69) is 20.2 Å². The molecule has 0 bridgehead atoms. The molecule has 0 unspecified atom stereocenters. The van der Waals surface area contributed by atoms with Crippen LogP contribution >= 0.6 is 0 Å². The number of nitrogens with zero attached hydrogens (tertiary/aromatic N) is 5. The lowest BCUT2D eigenvalue weighted by atomic mass is 10.0. The Morgan fingerprint density at radius 2 is 1.64 bits per heavy atom. The first-order valence-electron chi connectivity index (χ1n) is 12.5. The van der Waals surface area contributed by atoms with Crippen LogP contribution in [0.3, 0.4) is 0 Å². The van der Waals surface area contributed by atoms with Crippen molar-refractivity contribution in [2.45, 2.75) is 20.0 Å². The van der Waals surface area contributed by atoms with Crippen LogP contribution in [-0.2, 0) is 6.18 Å². The van der Waals surface area contributed by atoms with Gasteiger partial charge >= 0.3 is 6.18 Å². The highest BCUT2D eigenvalue weighted by Gasteiger charge is 2.36. The first-order chi connectivity index (χ1) is 18.5. The molecule has 2 heterocycles. The number of carbonyl (C=O) groups is 1. The SMILES string of the molecule is CCN(CC)c1cc(F)c(-c2cnc(N3CCN(C)CC3)nc2)cc1NC(=O)c1ccc(F)cc1C(F)(F)F. The molecule has 208 valence electrons. The minimum Gasteiger partial charge on any atom is -0.370 e. The summed E-state index contributed by atoms with van der Waals surface area (Å²) >= 11 is 0. The highest BCUT2D eigenvalue weighted by molar-refractivity contribution is 6.07. The number of piperazine rings is 1. The van der Waals surface area contributed by atoms with Crippen LogP contribution in [0.25, 0.3) is 11.1 Å². The van der Waals surface area contributed by atoms with Gasteiger partial charge in [0.05, 0.1) is 22.5 Å². The average molecular weight is 549 g/mol. The molecule has 1 saturated heterocycles. The molecule has 1 aliphatic heterocycles. The van der Waals surface area contributed by atoms with E-state index in [9.17, 15) is 22.4 Å². The van der Waals surface area contributed by atoms with Crippen LogP contribution < -0.4 is 15.1 Å². The lowest BCUT2D eigenvalue weighted by molar-refractivity contribution is -0.138. The minimum atomic E-state index is -4.95. The van der Waals surface area contributed by atoms with E-state index in [0.29, 0.717) is 30.3 Å². The van der Waals surface area contributed by atoms with Gasteiger partial charge in [-0.05, 0) is 51.2 Å². The molecule has 2 aromatic carbocycles. The fourth-order valence-electron chi connectivity index (χ4n) is 4.48. The monoisotopic (exact) mass is 548 g/mol. The molecule has 4 rings (SSSR count). The number of anilines is 3. The zero-order valence-electron chi connectivity index (χ0n) is 21.8. The Hall–Kier alpha value is -3.80. The molecule has 0 saturated carbocycles. The molecule has 12 heteroatoms. The van der Waals surface area contributed by atoms with Gasteiger partial charge in [-0.3, -0.25) is 4.79 Å². The van der Waals surface area contributed by atoms with Gasteiger partial charge in [-0.15, -0.1) is 0 Å². The third-order valence-electron chi connectivity index (χ3n) is 6.70. The van der Waals surface area contributed by atoms with Crippen molar-refractivity contribution in [1.82, 2.24) is 14.9 Å². The minimum absolute atomic E-state index is 0.0706. The zero-order chi connectivity index (χ0) is 28.3. The topological polar surface area (TPSA) is 64.6 Å². The number of benzene rings is 2. The Bertz CT molecular complexity index is 1320.